The molecule has 1 saturated heterocycles. The number of hydrogen-bond acceptors (Lipinski definition) is 3. The minimum Gasteiger partial charge on any atom is -0.489 e. The van der Waals surface area contributed by atoms with Crippen molar-refractivity contribution in [2.24, 2.45) is 0 Å². The molecular formula is C19H21BrClNO2. The van der Waals surface area contributed by atoms with Crippen LogP contribution in [0.4, 0.5) is 0 Å². The summed E-state index contributed by atoms with van der Waals surface area (Å²) in [7, 11) is 0. The van der Waals surface area contributed by atoms with Crippen LogP contribution in [0.25, 0.3) is 0 Å². The average Bonchev–Trinajstić information content (AvgIpc) is 3.04. The Bertz CT molecular complexity index is 678. The van der Waals surface area contributed by atoms with Crippen LogP contribution >= 0.6 is 27.5 Å². The van der Waals surface area contributed by atoms with Gasteiger partial charge in [-0.1, -0.05) is 45.7 Å². The first-order chi connectivity index (χ1) is 11.7. The molecule has 0 bridgehead atoms. The van der Waals surface area contributed by atoms with Gasteiger partial charge in [-0.25, -0.2) is 0 Å². The van der Waals surface area contributed by atoms with Crippen LogP contribution in [0.5, 0.6) is 5.75 Å². The third kappa shape index (κ3) is 4.31. The van der Waals surface area contributed by atoms with Gasteiger partial charge >= 0.3 is 0 Å². The molecule has 2 aromatic rings. The summed E-state index contributed by atoms with van der Waals surface area (Å²) in [5.41, 5.74) is 2.21. The van der Waals surface area contributed by atoms with Crippen molar-refractivity contribution in [3.05, 3.63) is 63.1 Å². The topological polar surface area (TPSA) is 32.7 Å². The van der Waals surface area contributed by atoms with Crippen LogP contribution in [0, 0.1) is 0 Å². The highest BCUT2D eigenvalue weighted by Crippen LogP contribution is 2.31. The lowest BCUT2D eigenvalue weighted by Gasteiger charge is -2.24. The maximum atomic E-state index is 9.53. The Morgan fingerprint density at radius 2 is 2.00 bits per heavy atom. The third-order valence-electron chi connectivity index (χ3n) is 4.45. The maximum absolute atomic E-state index is 9.53. The minimum absolute atomic E-state index is 0.214. The summed E-state index contributed by atoms with van der Waals surface area (Å²) in [5, 5.41) is 10.3. The quantitative estimate of drug-likeness (QED) is 0.753. The fourth-order valence-corrected chi connectivity index (χ4v) is 3.68. The number of ether oxygens (including phenoxy) is 1. The summed E-state index contributed by atoms with van der Waals surface area (Å²) < 4.78 is 7.10. The number of aliphatic hydroxyl groups is 1. The van der Waals surface area contributed by atoms with Crippen molar-refractivity contribution in [3.8, 4) is 5.75 Å². The lowest BCUT2D eigenvalue weighted by atomic mass is 10.1. The summed E-state index contributed by atoms with van der Waals surface area (Å²) in [5.74, 6) is 0.878. The normalized spacial score (nSPS) is 18.0. The highest BCUT2D eigenvalue weighted by atomic mass is 79.9. The predicted octanol–water partition coefficient (Wildman–Crippen LogP) is 4.64. The highest BCUT2D eigenvalue weighted by molar-refractivity contribution is 9.10. The van der Waals surface area contributed by atoms with E-state index in [9.17, 15) is 5.11 Å². The molecule has 0 unspecified atom stereocenters. The molecule has 1 N–H and O–H groups in total. The smallest absolute Gasteiger partial charge is 0.125 e. The van der Waals surface area contributed by atoms with E-state index >= 15 is 0 Å². The second kappa shape index (κ2) is 8.34. The SMILES string of the molecule is OC[C@H]1CCCN1Cc1c(Br)cccc1OCc1ccc(Cl)cc1. The molecule has 1 fully saturated rings. The van der Waals surface area contributed by atoms with Gasteiger partial charge in [0.05, 0.1) is 6.61 Å². The number of hydrogen-bond donors (Lipinski definition) is 1. The van der Waals surface area contributed by atoms with Gasteiger partial charge in [-0.2, -0.15) is 0 Å². The van der Waals surface area contributed by atoms with Gasteiger partial charge in [0, 0.05) is 27.6 Å². The molecule has 1 aliphatic rings. The molecule has 0 aromatic heterocycles. The molecule has 1 atom stereocenters. The van der Waals surface area contributed by atoms with Crippen LogP contribution in [-0.2, 0) is 13.2 Å². The summed E-state index contributed by atoms with van der Waals surface area (Å²) in [6.07, 6.45) is 2.19. The van der Waals surface area contributed by atoms with Gasteiger partial charge in [-0.05, 0) is 49.2 Å². The summed E-state index contributed by atoms with van der Waals surface area (Å²) in [6.45, 7) is 2.52. The second-order valence-corrected chi connectivity index (χ2v) is 7.37. The molecule has 2 aromatic carbocycles. The molecule has 3 nitrogen and oxygen atoms in total. The minimum atomic E-state index is 0.214. The lowest BCUT2D eigenvalue weighted by molar-refractivity contribution is 0.151. The summed E-state index contributed by atoms with van der Waals surface area (Å²) >= 11 is 9.57. The molecule has 0 amide bonds. The van der Waals surface area contributed by atoms with Crippen LogP contribution in [0.1, 0.15) is 24.0 Å². The molecule has 24 heavy (non-hydrogen) atoms. The zero-order valence-corrected chi connectivity index (χ0v) is 15.8. The van der Waals surface area contributed by atoms with E-state index in [4.69, 9.17) is 16.3 Å². The van der Waals surface area contributed by atoms with Crippen molar-refractivity contribution in [1.82, 2.24) is 4.90 Å². The van der Waals surface area contributed by atoms with Gasteiger partial charge in [-0.3, -0.25) is 4.90 Å². The van der Waals surface area contributed by atoms with Crippen molar-refractivity contribution < 1.29 is 9.84 Å². The van der Waals surface area contributed by atoms with Gasteiger partial charge in [0.1, 0.15) is 12.4 Å². The average molecular weight is 411 g/mol. The summed E-state index contributed by atoms with van der Waals surface area (Å²) in [4.78, 5) is 2.33. The number of halogens is 2. The first kappa shape index (κ1) is 17.7. The standard InChI is InChI=1S/C19H21BrClNO2/c20-18-4-1-5-19(24-13-14-6-8-15(21)9-7-14)17(18)11-22-10-2-3-16(22)12-23/h1,4-9,16,23H,2-3,10-13H2/t16-/m1/s1. The predicted molar refractivity (Wildman–Crippen MR) is 100 cm³/mol. The van der Waals surface area contributed by atoms with Crippen LogP contribution < -0.4 is 4.74 Å². The number of benzene rings is 2. The fraction of sp³-hybridized carbons (Fsp3) is 0.368. The van der Waals surface area contributed by atoms with E-state index in [0.29, 0.717) is 6.61 Å². The fourth-order valence-electron chi connectivity index (χ4n) is 3.08. The molecule has 1 aliphatic heterocycles. The Morgan fingerprint density at radius 3 is 2.75 bits per heavy atom. The van der Waals surface area contributed by atoms with E-state index in [0.717, 1.165) is 52.3 Å². The Kier molecular flexibility index (Phi) is 6.17. The second-order valence-electron chi connectivity index (χ2n) is 6.08. The Balaban J connectivity index is 1.73. The highest BCUT2D eigenvalue weighted by Gasteiger charge is 2.25. The molecule has 128 valence electrons. The number of rotatable bonds is 6. The molecule has 1 heterocycles. The van der Waals surface area contributed by atoms with E-state index in [1.807, 2.05) is 42.5 Å². The zero-order valence-electron chi connectivity index (χ0n) is 13.4. The van der Waals surface area contributed by atoms with Crippen LogP contribution in [0.15, 0.2) is 46.9 Å². The van der Waals surface area contributed by atoms with Crippen LogP contribution in [0.2, 0.25) is 5.02 Å². The number of nitrogens with zero attached hydrogens (tertiary/aromatic N) is 1. The van der Waals surface area contributed by atoms with E-state index in [2.05, 4.69) is 20.8 Å². The largest absolute Gasteiger partial charge is 0.489 e. The maximum Gasteiger partial charge on any atom is 0.125 e. The van der Waals surface area contributed by atoms with Crippen molar-refractivity contribution in [2.75, 3.05) is 13.2 Å². The van der Waals surface area contributed by atoms with Crippen molar-refractivity contribution in [1.29, 1.82) is 0 Å². The first-order valence-electron chi connectivity index (χ1n) is 8.17. The molecule has 0 radical (unpaired) electrons. The van der Waals surface area contributed by atoms with Gasteiger partial charge < -0.3 is 9.84 Å². The molecular weight excluding hydrogens is 390 g/mol. The van der Waals surface area contributed by atoms with Gasteiger partial charge in [0.15, 0.2) is 0 Å². The molecule has 0 spiro atoms. The van der Waals surface area contributed by atoms with E-state index < -0.39 is 0 Å². The molecule has 0 saturated carbocycles. The van der Waals surface area contributed by atoms with Gasteiger partial charge in [-0.15, -0.1) is 0 Å². The van der Waals surface area contributed by atoms with E-state index in [1.165, 1.54) is 0 Å². The van der Waals surface area contributed by atoms with Crippen molar-refractivity contribution >= 4 is 27.5 Å². The first-order valence-corrected chi connectivity index (χ1v) is 9.34. The molecule has 3 rings (SSSR count). The van der Waals surface area contributed by atoms with Crippen LogP contribution in [0.3, 0.4) is 0 Å². The van der Waals surface area contributed by atoms with E-state index in [1.54, 1.807) is 0 Å². The number of aliphatic hydroxyl groups excluding tert-OH is 1. The Morgan fingerprint density at radius 1 is 1.21 bits per heavy atom. The molecule has 5 heteroatoms. The summed E-state index contributed by atoms with van der Waals surface area (Å²) in [6, 6.07) is 14.0. The molecule has 0 aliphatic carbocycles. The van der Waals surface area contributed by atoms with Crippen molar-refractivity contribution in [3.63, 3.8) is 0 Å². The van der Waals surface area contributed by atoms with Gasteiger partial charge in [0.2, 0.25) is 0 Å². The zero-order chi connectivity index (χ0) is 16.9. The third-order valence-corrected chi connectivity index (χ3v) is 5.45. The Hall–Kier alpha value is -1.07. The van der Waals surface area contributed by atoms with Crippen LogP contribution in [-0.4, -0.2) is 29.2 Å². The Labute approximate surface area is 156 Å². The van der Waals surface area contributed by atoms with Gasteiger partial charge in [0.25, 0.3) is 0 Å². The lowest BCUT2D eigenvalue weighted by Crippen LogP contribution is -2.31. The monoisotopic (exact) mass is 409 g/mol. The number of likely N-dealkylation sites (tertiary alicyclic amines) is 1. The van der Waals surface area contributed by atoms with E-state index in [-0.39, 0.29) is 12.6 Å². The van der Waals surface area contributed by atoms with Crippen molar-refractivity contribution in [2.45, 2.75) is 32.0 Å².